The maximum atomic E-state index is 10.4. The number of halogens is 1. The highest BCUT2D eigenvalue weighted by Crippen LogP contribution is 2.12. The normalized spacial score (nSPS) is 10.7. The lowest BCUT2D eigenvalue weighted by Gasteiger charge is -2.01. The fourth-order valence-electron chi connectivity index (χ4n) is 1.94. The molecule has 1 N–H and O–H groups in total. The van der Waals surface area contributed by atoms with Gasteiger partial charge in [-0.15, -0.1) is 5.10 Å². The van der Waals surface area contributed by atoms with Crippen LogP contribution in [0.25, 0.3) is 0 Å². The van der Waals surface area contributed by atoms with Crippen LogP contribution in [0, 0.1) is 0 Å². The molecule has 20 heavy (non-hydrogen) atoms. The van der Waals surface area contributed by atoms with E-state index in [0.717, 1.165) is 28.6 Å². The van der Waals surface area contributed by atoms with E-state index in [1.165, 1.54) is 0 Å². The van der Waals surface area contributed by atoms with E-state index in [4.69, 9.17) is 5.11 Å². The molecule has 0 amide bonds. The van der Waals surface area contributed by atoms with Gasteiger partial charge in [-0.2, -0.15) is 0 Å². The molecule has 1 aromatic carbocycles. The van der Waals surface area contributed by atoms with Crippen LogP contribution in [-0.4, -0.2) is 26.1 Å². The third-order valence-electron chi connectivity index (χ3n) is 2.89. The Hall–Kier alpha value is -1.69. The third-order valence-corrected chi connectivity index (χ3v) is 3.39. The van der Waals surface area contributed by atoms with Gasteiger partial charge in [0.15, 0.2) is 0 Å². The summed E-state index contributed by atoms with van der Waals surface area (Å²) < 4.78 is 2.85. The van der Waals surface area contributed by atoms with Gasteiger partial charge in [-0.1, -0.05) is 33.3 Å². The van der Waals surface area contributed by atoms with Crippen molar-refractivity contribution in [2.24, 2.45) is 0 Å². The number of aryl methyl sites for hydroxylation is 1. The zero-order valence-electron chi connectivity index (χ0n) is 11.0. The number of rotatable bonds is 7. The van der Waals surface area contributed by atoms with E-state index >= 15 is 0 Å². The maximum absolute atomic E-state index is 10.4. The Morgan fingerprint density at radius 2 is 2.20 bits per heavy atom. The van der Waals surface area contributed by atoms with Crippen molar-refractivity contribution in [1.82, 2.24) is 15.0 Å². The first-order chi connectivity index (χ1) is 9.63. The third kappa shape index (κ3) is 4.77. The van der Waals surface area contributed by atoms with Gasteiger partial charge in [0.05, 0.1) is 12.2 Å². The van der Waals surface area contributed by atoms with Gasteiger partial charge in [-0.25, -0.2) is 4.68 Å². The minimum Gasteiger partial charge on any atom is -0.481 e. The smallest absolute Gasteiger partial charge is 0.303 e. The summed E-state index contributed by atoms with van der Waals surface area (Å²) in [6.45, 7) is 0.682. The molecule has 106 valence electrons. The van der Waals surface area contributed by atoms with E-state index in [1.807, 2.05) is 30.5 Å². The van der Waals surface area contributed by atoms with Crippen LogP contribution >= 0.6 is 15.9 Å². The first-order valence-corrected chi connectivity index (χ1v) is 7.28. The van der Waals surface area contributed by atoms with Gasteiger partial charge in [0.1, 0.15) is 0 Å². The number of hydrogen-bond donors (Lipinski definition) is 1. The molecular weight excluding hydrogens is 322 g/mol. The van der Waals surface area contributed by atoms with E-state index in [1.54, 1.807) is 4.68 Å². The van der Waals surface area contributed by atoms with E-state index in [9.17, 15) is 4.79 Å². The van der Waals surface area contributed by atoms with Crippen LogP contribution in [-0.2, 0) is 17.8 Å². The molecule has 2 aromatic rings. The summed E-state index contributed by atoms with van der Waals surface area (Å²) >= 11 is 3.44. The summed E-state index contributed by atoms with van der Waals surface area (Å²) in [5.74, 6) is -0.747. The number of carboxylic acid groups (broad SMARTS) is 1. The first-order valence-electron chi connectivity index (χ1n) is 6.49. The number of aliphatic carboxylic acids is 1. The predicted molar refractivity (Wildman–Crippen MR) is 78.5 cm³/mol. The molecule has 0 radical (unpaired) electrons. The number of hydrogen-bond acceptors (Lipinski definition) is 3. The Kier molecular flexibility index (Phi) is 5.29. The monoisotopic (exact) mass is 337 g/mol. The lowest BCUT2D eigenvalue weighted by Crippen LogP contribution is -2.00. The standard InChI is InChI=1S/C14H16BrN3O2/c15-12-5-3-4-11(8-12)9-18-10-13(16-17-18)6-1-2-7-14(19)20/h3-5,8,10H,1-2,6-7,9H2,(H,19,20). The minimum atomic E-state index is -0.747. The topological polar surface area (TPSA) is 68.0 Å². The number of unbranched alkanes of at least 4 members (excludes halogenated alkanes) is 1. The highest BCUT2D eigenvalue weighted by atomic mass is 79.9. The maximum Gasteiger partial charge on any atom is 0.303 e. The van der Waals surface area contributed by atoms with Crippen LogP contribution < -0.4 is 0 Å². The molecule has 0 saturated carbocycles. The predicted octanol–water partition coefficient (Wildman–Crippen LogP) is 2.89. The Labute approximate surface area is 125 Å². The molecule has 0 aliphatic carbocycles. The zero-order chi connectivity index (χ0) is 14.4. The van der Waals surface area contributed by atoms with Crippen molar-refractivity contribution in [2.75, 3.05) is 0 Å². The Morgan fingerprint density at radius 1 is 1.35 bits per heavy atom. The Morgan fingerprint density at radius 3 is 2.95 bits per heavy atom. The second-order valence-corrected chi connectivity index (χ2v) is 5.55. The molecule has 2 rings (SSSR count). The molecule has 5 nitrogen and oxygen atoms in total. The van der Waals surface area contributed by atoms with Crippen LogP contribution in [0.4, 0.5) is 0 Å². The summed E-state index contributed by atoms with van der Waals surface area (Å²) in [7, 11) is 0. The van der Waals surface area contributed by atoms with Gasteiger partial charge < -0.3 is 5.11 Å². The van der Waals surface area contributed by atoms with Crippen LogP contribution in [0.15, 0.2) is 34.9 Å². The largest absolute Gasteiger partial charge is 0.481 e. The van der Waals surface area contributed by atoms with Crippen LogP contribution in [0.1, 0.15) is 30.5 Å². The van der Waals surface area contributed by atoms with Crippen molar-refractivity contribution in [1.29, 1.82) is 0 Å². The fraction of sp³-hybridized carbons (Fsp3) is 0.357. The number of carboxylic acids is 1. The number of benzene rings is 1. The van der Waals surface area contributed by atoms with Crippen molar-refractivity contribution in [3.63, 3.8) is 0 Å². The van der Waals surface area contributed by atoms with Crippen molar-refractivity contribution >= 4 is 21.9 Å². The van der Waals surface area contributed by atoms with Gasteiger partial charge in [0, 0.05) is 17.1 Å². The molecule has 0 unspecified atom stereocenters. The minimum absolute atomic E-state index is 0.214. The second kappa shape index (κ2) is 7.19. The lowest BCUT2D eigenvalue weighted by molar-refractivity contribution is -0.137. The van der Waals surface area contributed by atoms with Gasteiger partial charge >= 0.3 is 5.97 Å². The van der Waals surface area contributed by atoms with Gasteiger partial charge in [0.25, 0.3) is 0 Å². The van der Waals surface area contributed by atoms with E-state index < -0.39 is 5.97 Å². The second-order valence-electron chi connectivity index (χ2n) is 4.64. The van der Waals surface area contributed by atoms with Crippen molar-refractivity contribution in [3.05, 3.63) is 46.2 Å². The lowest BCUT2D eigenvalue weighted by atomic mass is 10.1. The summed E-state index contributed by atoms with van der Waals surface area (Å²) in [4.78, 5) is 10.4. The van der Waals surface area contributed by atoms with Gasteiger partial charge in [-0.3, -0.25) is 4.79 Å². The van der Waals surface area contributed by atoms with Crippen molar-refractivity contribution in [3.8, 4) is 0 Å². The molecule has 0 aliphatic rings. The summed E-state index contributed by atoms with van der Waals surface area (Å²) in [6, 6.07) is 8.06. The molecule has 0 spiro atoms. The molecule has 1 heterocycles. The molecule has 0 aliphatic heterocycles. The quantitative estimate of drug-likeness (QED) is 0.789. The van der Waals surface area contributed by atoms with E-state index in [2.05, 4.69) is 26.2 Å². The zero-order valence-corrected chi connectivity index (χ0v) is 12.6. The van der Waals surface area contributed by atoms with Crippen LogP contribution in [0.2, 0.25) is 0 Å². The average molecular weight is 338 g/mol. The highest BCUT2D eigenvalue weighted by Gasteiger charge is 2.03. The van der Waals surface area contributed by atoms with E-state index in [-0.39, 0.29) is 6.42 Å². The average Bonchev–Trinajstić information content (AvgIpc) is 2.82. The molecule has 0 fully saturated rings. The molecular formula is C14H16BrN3O2. The molecule has 6 heteroatoms. The SMILES string of the molecule is O=C(O)CCCCc1cn(Cc2cccc(Br)c2)nn1. The summed E-state index contributed by atoms with van der Waals surface area (Å²) in [5, 5.41) is 16.8. The molecule has 1 aromatic heterocycles. The van der Waals surface area contributed by atoms with Gasteiger partial charge in [-0.05, 0) is 37.0 Å². The fourth-order valence-corrected chi connectivity index (χ4v) is 2.38. The molecule has 0 saturated heterocycles. The Bertz CT molecular complexity index is 583. The molecule has 0 bridgehead atoms. The van der Waals surface area contributed by atoms with Crippen LogP contribution in [0.5, 0.6) is 0 Å². The van der Waals surface area contributed by atoms with E-state index in [0.29, 0.717) is 13.0 Å². The first kappa shape index (κ1) is 14.7. The van der Waals surface area contributed by atoms with Gasteiger partial charge in [0.2, 0.25) is 0 Å². The van der Waals surface area contributed by atoms with Crippen LogP contribution in [0.3, 0.4) is 0 Å². The number of carbonyl (C=O) groups is 1. The molecule has 0 atom stereocenters. The number of aromatic nitrogens is 3. The summed E-state index contributed by atoms with van der Waals surface area (Å²) in [5.41, 5.74) is 2.06. The summed E-state index contributed by atoms with van der Waals surface area (Å²) in [6.07, 6.45) is 4.40. The highest BCUT2D eigenvalue weighted by molar-refractivity contribution is 9.10. The van der Waals surface area contributed by atoms with Crippen molar-refractivity contribution < 1.29 is 9.90 Å². The number of nitrogens with zero attached hydrogens (tertiary/aromatic N) is 3. The Balaban J connectivity index is 1.84. The van der Waals surface area contributed by atoms with Crippen molar-refractivity contribution in [2.45, 2.75) is 32.2 Å².